The normalized spacial score (nSPS) is 14.6. The molecule has 0 saturated heterocycles. The molecule has 0 heterocycles. The van der Waals surface area contributed by atoms with Crippen LogP contribution in [0.1, 0.15) is 39.5 Å². The molecule has 0 aromatic carbocycles. The molecule has 0 spiro atoms. The number of nitrogens with zero attached hydrogens (tertiary/aromatic N) is 1. The van der Waals surface area contributed by atoms with Gasteiger partial charge >= 0.3 is 5.97 Å². The molecule has 0 aromatic heterocycles. The Morgan fingerprint density at radius 1 is 1.32 bits per heavy atom. The van der Waals surface area contributed by atoms with E-state index in [1.807, 2.05) is 6.92 Å². The Hall–Kier alpha value is -0.650. The highest BCUT2D eigenvalue weighted by atomic mass is 16.5. The van der Waals surface area contributed by atoms with E-state index < -0.39 is 11.5 Å². The van der Waals surface area contributed by atoms with Gasteiger partial charge in [-0.25, -0.2) is 0 Å². The molecular weight excluding hydrogens is 244 g/mol. The largest absolute Gasteiger partial charge is 0.480 e. The lowest BCUT2D eigenvalue weighted by atomic mass is 9.95. The topological polar surface area (TPSA) is 61.8 Å². The van der Waals surface area contributed by atoms with Crippen LogP contribution in [-0.2, 0) is 9.53 Å². The van der Waals surface area contributed by atoms with Crippen molar-refractivity contribution in [1.29, 1.82) is 0 Å². The van der Waals surface area contributed by atoms with Crippen LogP contribution in [0.15, 0.2) is 0 Å². The third-order valence-corrected chi connectivity index (χ3v) is 3.39. The van der Waals surface area contributed by atoms with E-state index in [1.54, 1.807) is 14.0 Å². The van der Waals surface area contributed by atoms with Crippen molar-refractivity contribution >= 4 is 5.97 Å². The first-order valence-corrected chi connectivity index (χ1v) is 7.12. The van der Waals surface area contributed by atoms with Crippen molar-refractivity contribution in [2.75, 3.05) is 40.4 Å². The van der Waals surface area contributed by atoms with E-state index in [-0.39, 0.29) is 0 Å². The number of unbranched alkanes of at least 4 members (excludes halogenated alkanes) is 1. The second-order valence-corrected chi connectivity index (χ2v) is 5.27. The summed E-state index contributed by atoms with van der Waals surface area (Å²) < 4.78 is 5.02. The molecule has 1 atom stereocenters. The molecule has 0 saturated carbocycles. The van der Waals surface area contributed by atoms with Gasteiger partial charge in [0.15, 0.2) is 0 Å². The third kappa shape index (κ3) is 8.18. The molecule has 114 valence electrons. The highest BCUT2D eigenvalue weighted by Crippen LogP contribution is 2.14. The number of ether oxygens (including phenoxy) is 1. The summed E-state index contributed by atoms with van der Waals surface area (Å²) in [7, 11) is 3.81. The smallest absolute Gasteiger partial charge is 0.323 e. The summed E-state index contributed by atoms with van der Waals surface area (Å²) in [4.78, 5) is 13.5. The van der Waals surface area contributed by atoms with Crippen LogP contribution in [0.3, 0.4) is 0 Å². The number of carbonyl (C=O) groups is 1. The summed E-state index contributed by atoms with van der Waals surface area (Å²) in [5.41, 5.74) is -0.788. The lowest BCUT2D eigenvalue weighted by Gasteiger charge is -2.26. The molecule has 0 bridgehead atoms. The van der Waals surface area contributed by atoms with Crippen molar-refractivity contribution < 1.29 is 14.6 Å². The molecule has 19 heavy (non-hydrogen) atoms. The summed E-state index contributed by atoms with van der Waals surface area (Å²) in [6.07, 6.45) is 3.65. The number of hydrogen-bond acceptors (Lipinski definition) is 4. The van der Waals surface area contributed by atoms with Gasteiger partial charge in [-0.15, -0.1) is 0 Å². The zero-order chi connectivity index (χ0) is 14.7. The zero-order valence-corrected chi connectivity index (χ0v) is 12.9. The van der Waals surface area contributed by atoms with Gasteiger partial charge in [-0.2, -0.15) is 0 Å². The van der Waals surface area contributed by atoms with Gasteiger partial charge in [0.05, 0.1) is 0 Å². The van der Waals surface area contributed by atoms with Gasteiger partial charge in [-0.1, -0.05) is 6.92 Å². The molecule has 0 amide bonds. The average Bonchev–Trinajstić information content (AvgIpc) is 2.35. The van der Waals surface area contributed by atoms with Crippen molar-refractivity contribution in [3.8, 4) is 0 Å². The highest BCUT2D eigenvalue weighted by molar-refractivity contribution is 5.78. The second kappa shape index (κ2) is 10.2. The molecule has 0 rings (SSSR count). The maximum absolute atomic E-state index is 11.2. The molecular formula is C14H30N2O3. The third-order valence-electron chi connectivity index (χ3n) is 3.39. The van der Waals surface area contributed by atoms with Crippen molar-refractivity contribution in [3.63, 3.8) is 0 Å². The standard InChI is InChI=1S/C14H30N2O3/c1-5-15-14(2,13(17)18)9-6-7-10-16(3)11-8-12-19-4/h15H,5-12H2,1-4H3,(H,17,18). The summed E-state index contributed by atoms with van der Waals surface area (Å²) in [5.74, 6) is -0.761. The van der Waals surface area contributed by atoms with Gasteiger partial charge in [0.1, 0.15) is 5.54 Å². The van der Waals surface area contributed by atoms with E-state index in [2.05, 4.69) is 17.3 Å². The quantitative estimate of drug-likeness (QED) is 0.529. The number of likely N-dealkylation sites (N-methyl/N-ethyl adjacent to an activating group) is 1. The average molecular weight is 274 g/mol. The molecule has 1 unspecified atom stereocenters. The number of hydrogen-bond donors (Lipinski definition) is 2. The van der Waals surface area contributed by atoms with E-state index >= 15 is 0 Å². The Morgan fingerprint density at radius 2 is 1.95 bits per heavy atom. The minimum absolute atomic E-state index is 0.669. The van der Waals surface area contributed by atoms with Crippen molar-refractivity contribution in [2.45, 2.75) is 45.1 Å². The molecule has 2 N–H and O–H groups in total. The fourth-order valence-electron chi connectivity index (χ4n) is 2.11. The van der Waals surface area contributed by atoms with Crippen LogP contribution in [0.25, 0.3) is 0 Å². The number of methoxy groups -OCH3 is 1. The summed E-state index contributed by atoms with van der Waals surface area (Å²) in [6.45, 7) is 7.20. The Morgan fingerprint density at radius 3 is 2.47 bits per heavy atom. The maximum Gasteiger partial charge on any atom is 0.323 e. The van der Waals surface area contributed by atoms with E-state index in [4.69, 9.17) is 4.74 Å². The second-order valence-electron chi connectivity index (χ2n) is 5.27. The van der Waals surface area contributed by atoms with Crippen LogP contribution in [-0.4, -0.2) is 61.9 Å². The molecule has 0 aliphatic rings. The van der Waals surface area contributed by atoms with Crippen LogP contribution in [0.4, 0.5) is 0 Å². The maximum atomic E-state index is 11.2. The lowest BCUT2D eigenvalue weighted by Crippen LogP contribution is -2.49. The first kappa shape index (κ1) is 18.4. The number of carboxylic acid groups (broad SMARTS) is 1. The van der Waals surface area contributed by atoms with E-state index in [9.17, 15) is 9.90 Å². The summed E-state index contributed by atoms with van der Waals surface area (Å²) >= 11 is 0. The molecule has 0 aromatic rings. The van der Waals surface area contributed by atoms with Gasteiger partial charge < -0.3 is 20.1 Å². The fourth-order valence-corrected chi connectivity index (χ4v) is 2.11. The Balaban J connectivity index is 3.79. The molecule has 0 aliphatic heterocycles. The zero-order valence-electron chi connectivity index (χ0n) is 12.9. The number of aliphatic carboxylic acids is 1. The van der Waals surface area contributed by atoms with E-state index in [0.717, 1.165) is 39.0 Å². The van der Waals surface area contributed by atoms with Gasteiger partial charge in [-0.3, -0.25) is 4.79 Å². The van der Waals surface area contributed by atoms with Crippen molar-refractivity contribution in [3.05, 3.63) is 0 Å². The summed E-state index contributed by atoms with van der Waals surface area (Å²) in [5, 5.41) is 12.3. The highest BCUT2D eigenvalue weighted by Gasteiger charge is 2.30. The van der Waals surface area contributed by atoms with Gasteiger partial charge in [0.2, 0.25) is 0 Å². The Labute approximate surface area is 117 Å². The van der Waals surface area contributed by atoms with Crippen LogP contribution in [0, 0.1) is 0 Å². The Bertz CT molecular complexity index is 249. The van der Waals surface area contributed by atoms with Gasteiger partial charge in [0.25, 0.3) is 0 Å². The number of nitrogens with one attached hydrogen (secondary N) is 1. The first-order valence-electron chi connectivity index (χ1n) is 7.12. The van der Waals surface area contributed by atoms with Crippen LogP contribution in [0.5, 0.6) is 0 Å². The minimum Gasteiger partial charge on any atom is -0.480 e. The summed E-state index contributed by atoms with van der Waals surface area (Å²) in [6, 6.07) is 0. The molecule has 0 radical (unpaired) electrons. The van der Waals surface area contributed by atoms with Gasteiger partial charge in [0, 0.05) is 20.3 Å². The number of rotatable bonds is 12. The Kier molecular flexibility index (Phi) is 9.83. The van der Waals surface area contributed by atoms with Crippen LogP contribution >= 0.6 is 0 Å². The number of carboxylic acids is 1. The van der Waals surface area contributed by atoms with Crippen molar-refractivity contribution in [1.82, 2.24) is 10.2 Å². The predicted molar refractivity (Wildman–Crippen MR) is 77.6 cm³/mol. The monoisotopic (exact) mass is 274 g/mol. The molecule has 5 heteroatoms. The predicted octanol–water partition coefficient (Wildman–Crippen LogP) is 1.58. The molecule has 0 fully saturated rings. The molecule has 0 aliphatic carbocycles. The van der Waals surface area contributed by atoms with Crippen molar-refractivity contribution in [2.24, 2.45) is 0 Å². The lowest BCUT2D eigenvalue weighted by molar-refractivity contribution is -0.144. The van der Waals surface area contributed by atoms with E-state index in [1.165, 1.54) is 0 Å². The molecule has 5 nitrogen and oxygen atoms in total. The van der Waals surface area contributed by atoms with Crippen LogP contribution in [0.2, 0.25) is 0 Å². The SMILES string of the molecule is CCNC(C)(CCCCN(C)CCCOC)C(=O)O. The van der Waals surface area contributed by atoms with Gasteiger partial charge in [-0.05, 0) is 52.7 Å². The van der Waals surface area contributed by atoms with Crippen LogP contribution < -0.4 is 5.32 Å². The fraction of sp³-hybridized carbons (Fsp3) is 0.929. The first-order chi connectivity index (χ1) is 8.96. The minimum atomic E-state index is -0.788. The van der Waals surface area contributed by atoms with E-state index in [0.29, 0.717) is 13.0 Å².